The van der Waals surface area contributed by atoms with Crippen LogP contribution in [0.5, 0.6) is 0 Å². The van der Waals surface area contributed by atoms with Crippen molar-refractivity contribution in [2.45, 2.75) is 19.8 Å². The van der Waals surface area contributed by atoms with E-state index in [9.17, 15) is 4.79 Å². The molecule has 0 bridgehead atoms. The normalized spacial score (nSPS) is 19.5. The minimum absolute atomic E-state index is 0. The Bertz CT molecular complexity index is 400. The highest BCUT2D eigenvalue weighted by Crippen LogP contribution is 2.21. The summed E-state index contributed by atoms with van der Waals surface area (Å²) in [7, 11) is 0. The van der Waals surface area contributed by atoms with Gasteiger partial charge in [-0.3, -0.25) is 4.79 Å². The van der Waals surface area contributed by atoms with E-state index in [1.165, 1.54) is 0 Å². The van der Waals surface area contributed by atoms with Crippen molar-refractivity contribution >= 4 is 29.8 Å². The second-order valence-electron chi connectivity index (χ2n) is 4.37. The van der Waals surface area contributed by atoms with Crippen LogP contribution in [-0.4, -0.2) is 18.9 Å². The molecule has 0 aromatic heterocycles. The molecule has 1 unspecified atom stereocenters. The van der Waals surface area contributed by atoms with Crippen LogP contribution in [0.4, 0.5) is 0 Å². The molecule has 0 spiro atoms. The monoisotopic (exact) mass is 273 g/mol. The Kier molecular flexibility index (Phi) is 5.44. The van der Waals surface area contributed by atoms with Gasteiger partial charge in [0.1, 0.15) is 0 Å². The molecule has 1 fully saturated rings. The molecule has 1 heterocycles. The lowest BCUT2D eigenvalue weighted by atomic mass is 9.89. The lowest BCUT2D eigenvalue weighted by Crippen LogP contribution is -2.34. The first-order chi connectivity index (χ1) is 7.68. The van der Waals surface area contributed by atoms with Gasteiger partial charge in [-0.25, -0.2) is 0 Å². The van der Waals surface area contributed by atoms with Crippen LogP contribution in [-0.2, 0) is 0 Å². The molecule has 1 aromatic rings. The van der Waals surface area contributed by atoms with E-state index in [-0.39, 0.29) is 24.1 Å². The lowest BCUT2D eigenvalue weighted by molar-refractivity contribution is 0.0899. The van der Waals surface area contributed by atoms with Gasteiger partial charge in [-0.1, -0.05) is 11.6 Å². The molecule has 0 saturated carbocycles. The third kappa shape index (κ3) is 3.44. The molecule has 1 aromatic carbocycles. The number of benzene rings is 1. The van der Waals surface area contributed by atoms with Crippen molar-refractivity contribution in [3.05, 3.63) is 34.3 Å². The van der Waals surface area contributed by atoms with Crippen LogP contribution in [0.25, 0.3) is 0 Å². The summed E-state index contributed by atoms with van der Waals surface area (Å²) >= 11 is 5.88. The molecule has 4 heteroatoms. The summed E-state index contributed by atoms with van der Waals surface area (Å²) in [6, 6.07) is 5.48. The van der Waals surface area contributed by atoms with Crippen molar-refractivity contribution < 1.29 is 4.79 Å². The fourth-order valence-corrected chi connectivity index (χ4v) is 2.43. The van der Waals surface area contributed by atoms with E-state index < -0.39 is 0 Å². The summed E-state index contributed by atoms with van der Waals surface area (Å²) in [6.45, 7) is 3.78. The number of halogens is 2. The maximum atomic E-state index is 12.2. The van der Waals surface area contributed by atoms with Crippen LogP contribution in [0.2, 0.25) is 5.02 Å². The zero-order chi connectivity index (χ0) is 11.5. The number of hydrogen-bond donors (Lipinski definition) is 1. The first-order valence-electron chi connectivity index (χ1n) is 5.69. The molecular weight excluding hydrogens is 257 g/mol. The Morgan fingerprint density at radius 3 is 2.82 bits per heavy atom. The predicted octanol–water partition coefficient (Wildman–Crippen LogP) is 3.25. The van der Waals surface area contributed by atoms with E-state index in [1.807, 2.05) is 19.1 Å². The zero-order valence-corrected chi connectivity index (χ0v) is 11.4. The largest absolute Gasteiger partial charge is 0.316 e. The van der Waals surface area contributed by atoms with Gasteiger partial charge in [0.15, 0.2) is 5.78 Å². The molecule has 1 atom stereocenters. The van der Waals surface area contributed by atoms with Gasteiger partial charge in [0, 0.05) is 23.0 Å². The molecule has 0 radical (unpaired) electrons. The second kappa shape index (κ2) is 6.39. The van der Waals surface area contributed by atoms with Crippen molar-refractivity contribution in [2.75, 3.05) is 13.1 Å². The summed E-state index contributed by atoms with van der Waals surface area (Å²) in [4.78, 5) is 12.2. The van der Waals surface area contributed by atoms with Gasteiger partial charge in [0.25, 0.3) is 0 Å². The number of rotatable bonds is 2. The van der Waals surface area contributed by atoms with Gasteiger partial charge in [0.05, 0.1) is 0 Å². The van der Waals surface area contributed by atoms with Crippen LogP contribution in [0.1, 0.15) is 28.8 Å². The van der Waals surface area contributed by atoms with Crippen LogP contribution < -0.4 is 5.32 Å². The fraction of sp³-hybridized carbons (Fsp3) is 0.462. The Balaban J connectivity index is 0.00000144. The molecule has 1 aliphatic rings. The third-order valence-corrected chi connectivity index (χ3v) is 3.36. The minimum Gasteiger partial charge on any atom is -0.316 e. The summed E-state index contributed by atoms with van der Waals surface area (Å²) in [5.41, 5.74) is 1.79. The van der Waals surface area contributed by atoms with E-state index in [4.69, 9.17) is 11.6 Å². The minimum atomic E-state index is 0. The number of nitrogens with one attached hydrogen (secondary N) is 1. The SMILES string of the molecule is Cc1cc(Cl)ccc1C(=O)C1CCCNC1.Cl. The summed E-state index contributed by atoms with van der Waals surface area (Å²) in [5, 5.41) is 3.96. The molecule has 2 rings (SSSR count). The Morgan fingerprint density at radius 1 is 1.47 bits per heavy atom. The van der Waals surface area contributed by atoms with Crippen molar-refractivity contribution in [3.8, 4) is 0 Å². The van der Waals surface area contributed by atoms with E-state index in [0.717, 1.165) is 37.1 Å². The molecule has 2 nitrogen and oxygen atoms in total. The highest BCUT2D eigenvalue weighted by atomic mass is 35.5. The van der Waals surface area contributed by atoms with Gasteiger partial charge in [-0.15, -0.1) is 12.4 Å². The van der Waals surface area contributed by atoms with E-state index in [1.54, 1.807) is 6.07 Å². The van der Waals surface area contributed by atoms with E-state index in [0.29, 0.717) is 5.02 Å². The van der Waals surface area contributed by atoms with Gasteiger partial charge >= 0.3 is 0 Å². The van der Waals surface area contributed by atoms with Crippen LogP contribution >= 0.6 is 24.0 Å². The molecule has 17 heavy (non-hydrogen) atoms. The lowest BCUT2D eigenvalue weighted by Gasteiger charge is -2.22. The molecular formula is C13H17Cl2NO. The number of ketones is 1. The van der Waals surface area contributed by atoms with Gasteiger partial charge in [-0.2, -0.15) is 0 Å². The number of carbonyl (C=O) groups is 1. The van der Waals surface area contributed by atoms with Crippen LogP contribution in [0.3, 0.4) is 0 Å². The Hall–Kier alpha value is -0.570. The molecule has 1 N–H and O–H groups in total. The Labute approximate surface area is 113 Å². The van der Waals surface area contributed by atoms with Gasteiger partial charge in [0.2, 0.25) is 0 Å². The number of piperidine rings is 1. The number of Topliss-reactive ketones (excluding diaryl/α,β-unsaturated/α-hetero) is 1. The van der Waals surface area contributed by atoms with E-state index in [2.05, 4.69) is 5.32 Å². The average molecular weight is 274 g/mol. The first kappa shape index (κ1) is 14.5. The Morgan fingerprint density at radius 2 is 2.24 bits per heavy atom. The van der Waals surface area contributed by atoms with Crippen LogP contribution in [0, 0.1) is 12.8 Å². The highest BCUT2D eigenvalue weighted by Gasteiger charge is 2.23. The molecule has 94 valence electrons. The molecule has 1 saturated heterocycles. The van der Waals surface area contributed by atoms with Crippen molar-refractivity contribution in [3.63, 3.8) is 0 Å². The summed E-state index contributed by atoms with van der Waals surface area (Å²) in [5.74, 6) is 0.384. The quantitative estimate of drug-likeness (QED) is 0.839. The van der Waals surface area contributed by atoms with Gasteiger partial charge in [-0.05, 0) is 50.1 Å². The molecule has 0 aliphatic carbocycles. The topological polar surface area (TPSA) is 29.1 Å². The van der Waals surface area contributed by atoms with Crippen molar-refractivity contribution in [1.29, 1.82) is 0 Å². The standard InChI is InChI=1S/C13H16ClNO.ClH/c1-9-7-11(14)4-5-12(9)13(16)10-3-2-6-15-8-10;/h4-5,7,10,15H,2-3,6,8H2,1H3;1H. The van der Waals surface area contributed by atoms with Gasteiger partial charge < -0.3 is 5.32 Å². The predicted molar refractivity (Wildman–Crippen MR) is 73.4 cm³/mol. The first-order valence-corrected chi connectivity index (χ1v) is 6.07. The zero-order valence-electron chi connectivity index (χ0n) is 9.83. The maximum Gasteiger partial charge on any atom is 0.167 e. The number of carbonyl (C=O) groups excluding carboxylic acids is 1. The van der Waals surface area contributed by atoms with Crippen molar-refractivity contribution in [1.82, 2.24) is 5.32 Å². The smallest absolute Gasteiger partial charge is 0.167 e. The van der Waals surface area contributed by atoms with E-state index >= 15 is 0 Å². The number of aryl methyl sites for hydroxylation is 1. The average Bonchev–Trinajstić information content (AvgIpc) is 2.29. The molecule has 0 amide bonds. The third-order valence-electron chi connectivity index (χ3n) is 3.12. The maximum absolute atomic E-state index is 12.2. The number of hydrogen-bond acceptors (Lipinski definition) is 2. The fourth-order valence-electron chi connectivity index (χ4n) is 2.20. The molecule has 1 aliphatic heterocycles. The second-order valence-corrected chi connectivity index (χ2v) is 4.80. The van der Waals surface area contributed by atoms with Crippen molar-refractivity contribution in [2.24, 2.45) is 5.92 Å². The van der Waals surface area contributed by atoms with Crippen LogP contribution in [0.15, 0.2) is 18.2 Å². The highest BCUT2D eigenvalue weighted by molar-refractivity contribution is 6.30. The summed E-state index contributed by atoms with van der Waals surface area (Å²) < 4.78 is 0. The summed E-state index contributed by atoms with van der Waals surface area (Å²) in [6.07, 6.45) is 2.08.